The van der Waals surface area contributed by atoms with Crippen LogP contribution in [0.3, 0.4) is 0 Å². The second-order valence-corrected chi connectivity index (χ2v) is 15.0. The van der Waals surface area contributed by atoms with Crippen LogP contribution in [0.4, 0.5) is 4.79 Å². The lowest BCUT2D eigenvalue weighted by atomic mass is 9.91. The number of epoxide rings is 1. The minimum Gasteiger partial charge on any atom is -0.457 e. The molecule has 0 aromatic heterocycles. The van der Waals surface area contributed by atoms with Gasteiger partial charge in [-0.15, -0.1) is 0 Å². The zero-order chi connectivity index (χ0) is 36.4. The smallest absolute Gasteiger partial charge is 0.410 e. The van der Waals surface area contributed by atoms with Crippen LogP contribution in [-0.4, -0.2) is 106 Å². The molecule has 3 aliphatic heterocycles. The molecule has 1 aromatic carbocycles. The molecule has 2 fully saturated rings. The Bertz CT molecular complexity index is 1320. The van der Waals surface area contributed by atoms with Gasteiger partial charge < -0.3 is 34.4 Å². The number of aliphatic hydroxyl groups is 3. The largest absolute Gasteiger partial charge is 0.457 e. The molecule has 0 aliphatic carbocycles. The summed E-state index contributed by atoms with van der Waals surface area (Å²) in [5.41, 5.74) is 0.887. The number of amides is 1. The van der Waals surface area contributed by atoms with Gasteiger partial charge in [0, 0.05) is 51.0 Å². The first-order valence-corrected chi connectivity index (χ1v) is 18.5. The number of benzene rings is 1. The van der Waals surface area contributed by atoms with Crippen molar-refractivity contribution in [2.75, 3.05) is 26.2 Å². The van der Waals surface area contributed by atoms with Crippen LogP contribution >= 0.6 is 0 Å². The normalized spacial score (nSPS) is 31.2. The highest BCUT2D eigenvalue weighted by molar-refractivity contribution is 5.70. The molecule has 10 unspecified atom stereocenters. The fourth-order valence-electron chi connectivity index (χ4n) is 6.92. The molecule has 10 nitrogen and oxygen atoms in total. The number of nitrogens with zero attached hydrogens (tertiary/aromatic N) is 2. The number of carbonyl (C=O) groups is 2. The van der Waals surface area contributed by atoms with E-state index in [0.717, 1.165) is 25.2 Å². The summed E-state index contributed by atoms with van der Waals surface area (Å²) in [4.78, 5) is 30.3. The third kappa shape index (κ3) is 12.0. The maximum absolute atomic E-state index is 13.4. The maximum Gasteiger partial charge on any atom is 0.410 e. The number of carbonyl (C=O) groups excluding carboxylic acids is 2. The van der Waals surface area contributed by atoms with E-state index < -0.39 is 36.0 Å². The number of allylic oxidation sites excluding steroid dienone is 2. The third-order valence-corrected chi connectivity index (χ3v) is 10.4. The highest BCUT2D eigenvalue weighted by Crippen LogP contribution is 2.37. The standard InChI is InChI=1S/C40H60N2O8/c1-7-33(44)30(5)38-35(48-38)25-40(6,47)19-11-12-28(3)37-29(4)16-18-34(27(2)15-17-32(43)24-36(45)50-37)49-39(46)42-22-20-41(21-23-42)26-31-13-9-8-10-14-31/h8-14,16,18-19,27,29-30,32-35,37-38,43-44,47H,7,15,17,20-26H2,1-6H3. The number of aliphatic hydroxyl groups excluding tert-OH is 2. The molecule has 2 saturated heterocycles. The van der Waals surface area contributed by atoms with Crippen LogP contribution in [0.1, 0.15) is 79.2 Å². The average molecular weight is 697 g/mol. The summed E-state index contributed by atoms with van der Waals surface area (Å²) < 4.78 is 17.8. The molecule has 10 atom stereocenters. The van der Waals surface area contributed by atoms with Gasteiger partial charge in [-0.3, -0.25) is 9.69 Å². The van der Waals surface area contributed by atoms with Crippen molar-refractivity contribution in [3.05, 3.63) is 71.8 Å². The number of ether oxygens (including phenoxy) is 3. The molecule has 0 radical (unpaired) electrons. The SMILES string of the molecule is CCC(O)C(C)C1OC1CC(C)(O)C=CC=C(C)C1OC(=O)CC(O)CCC(C)C(OC(=O)N2CCN(Cc3ccccc3)CC2)C=CC1C. The van der Waals surface area contributed by atoms with E-state index in [1.165, 1.54) is 5.56 Å². The van der Waals surface area contributed by atoms with Crippen LogP contribution < -0.4 is 0 Å². The lowest BCUT2D eigenvalue weighted by Gasteiger charge is -2.35. The predicted molar refractivity (Wildman–Crippen MR) is 193 cm³/mol. The van der Waals surface area contributed by atoms with Crippen molar-refractivity contribution >= 4 is 12.1 Å². The molecule has 4 rings (SSSR count). The van der Waals surface area contributed by atoms with Crippen molar-refractivity contribution in [1.82, 2.24) is 9.80 Å². The van der Waals surface area contributed by atoms with E-state index in [1.54, 1.807) is 24.0 Å². The van der Waals surface area contributed by atoms with Crippen LogP contribution in [0.2, 0.25) is 0 Å². The highest BCUT2D eigenvalue weighted by atomic mass is 16.6. The Labute approximate surface area is 298 Å². The maximum atomic E-state index is 13.4. The fraction of sp³-hybridized carbons (Fsp3) is 0.650. The van der Waals surface area contributed by atoms with E-state index in [4.69, 9.17) is 14.2 Å². The number of rotatable bonds is 11. The van der Waals surface area contributed by atoms with E-state index in [9.17, 15) is 24.9 Å². The van der Waals surface area contributed by atoms with E-state index >= 15 is 0 Å². The van der Waals surface area contributed by atoms with E-state index in [0.29, 0.717) is 38.8 Å². The molecule has 3 heterocycles. The van der Waals surface area contributed by atoms with Crippen molar-refractivity contribution in [3.63, 3.8) is 0 Å². The van der Waals surface area contributed by atoms with Gasteiger partial charge in [0.2, 0.25) is 0 Å². The molecule has 3 N–H and O–H groups in total. The Hall–Kier alpha value is -3.02. The van der Waals surface area contributed by atoms with Gasteiger partial charge in [0.15, 0.2) is 0 Å². The van der Waals surface area contributed by atoms with E-state index in [1.807, 2.05) is 71.0 Å². The number of hydrogen-bond acceptors (Lipinski definition) is 9. The Morgan fingerprint density at radius 3 is 2.50 bits per heavy atom. The fourth-order valence-corrected chi connectivity index (χ4v) is 6.92. The molecule has 278 valence electrons. The molecule has 1 aromatic rings. The van der Waals surface area contributed by atoms with Gasteiger partial charge in [-0.25, -0.2) is 4.79 Å². The van der Waals surface area contributed by atoms with Crippen LogP contribution in [0.15, 0.2) is 66.3 Å². The number of hydrogen-bond donors (Lipinski definition) is 3. The molecule has 50 heavy (non-hydrogen) atoms. The summed E-state index contributed by atoms with van der Waals surface area (Å²) in [5, 5.41) is 31.9. The minimum absolute atomic E-state index is 0.00256. The first kappa shape index (κ1) is 39.8. The molecule has 0 saturated carbocycles. The molecule has 1 amide bonds. The monoisotopic (exact) mass is 696 g/mol. The first-order valence-electron chi connectivity index (χ1n) is 18.5. The van der Waals surface area contributed by atoms with Crippen molar-refractivity contribution in [3.8, 4) is 0 Å². The summed E-state index contributed by atoms with van der Waals surface area (Å²) in [5.74, 6) is -0.810. The van der Waals surface area contributed by atoms with Crippen LogP contribution in [0.5, 0.6) is 0 Å². The van der Waals surface area contributed by atoms with Crippen molar-refractivity contribution in [2.45, 2.75) is 122 Å². The minimum atomic E-state index is -1.13. The summed E-state index contributed by atoms with van der Waals surface area (Å²) in [6.07, 6.45) is 8.05. The quantitative estimate of drug-likeness (QED) is 0.120. The average Bonchev–Trinajstić information content (AvgIpc) is 3.85. The second-order valence-electron chi connectivity index (χ2n) is 15.0. The van der Waals surface area contributed by atoms with Crippen molar-refractivity contribution in [2.24, 2.45) is 17.8 Å². The topological polar surface area (TPSA) is 132 Å². The third-order valence-electron chi connectivity index (χ3n) is 10.4. The van der Waals surface area contributed by atoms with Gasteiger partial charge in [0.05, 0.1) is 36.4 Å². The molecular weight excluding hydrogens is 636 g/mol. The summed E-state index contributed by atoms with van der Waals surface area (Å²) in [7, 11) is 0. The molecule has 3 aliphatic rings. The highest BCUT2D eigenvalue weighted by Gasteiger charge is 2.47. The molecular formula is C40H60N2O8. The number of esters is 1. The van der Waals surface area contributed by atoms with Gasteiger partial charge in [0.1, 0.15) is 12.2 Å². The zero-order valence-corrected chi connectivity index (χ0v) is 30.8. The molecule has 0 bridgehead atoms. The van der Waals surface area contributed by atoms with Crippen molar-refractivity contribution in [1.29, 1.82) is 0 Å². The summed E-state index contributed by atoms with van der Waals surface area (Å²) in [6.45, 7) is 15.0. The van der Waals surface area contributed by atoms with Crippen LogP contribution in [0, 0.1) is 17.8 Å². The number of cyclic esters (lactones) is 1. The zero-order valence-electron chi connectivity index (χ0n) is 30.8. The van der Waals surface area contributed by atoms with Crippen molar-refractivity contribution < 1.29 is 39.1 Å². The van der Waals surface area contributed by atoms with Gasteiger partial charge in [-0.1, -0.05) is 82.3 Å². The summed E-state index contributed by atoms with van der Waals surface area (Å²) >= 11 is 0. The van der Waals surface area contributed by atoms with Gasteiger partial charge >= 0.3 is 12.1 Å². The Morgan fingerprint density at radius 2 is 1.82 bits per heavy atom. The van der Waals surface area contributed by atoms with E-state index in [-0.39, 0.29) is 42.5 Å². The van der Waals surface area contributed by atoms with Gasteiger partial charge in [-0.05, 0) is 56.2 Å². The Balaban J connectivity index is 1.39. The Morgan fingerprint density at radius 1 is 1.12 bits per heavy atom. The second kappa shape index (κ2) is 18.5. The number of piperazine rings is 1. The first-order chi connectivity index (χ1) is 23.8. The van der Waals surface area contributed by atoms with Gasteiger partial charge in [-0.2, -0.15) is 0 Å². The van der Waals surface area contributed by atoms with Crippen LogP contribution in [0.25, 0.3) is 0 Å². The Kier molecular flexibility index (Phi) is 14.7. The van der Waals surface area contributed by atoms with Gasteiger partial charge in [0.25, 0.3) is 0 Å². The lowest BCUT2D eigenvalue weighted by molar-refractivity contribution is -0.151. The molecule has 10 heteroatoms. The molecule has 0 spiro atoms. The van der Waals surface area contributed by atoms with E-state index in [2.05, 4.69) is 17.0 Å². The lowest BCUT2D eigenvalue weighted by Crippen LogP contribution is -2.49. The van der Waals surface area contributed by atoms with Crippen LogP contribution in [-0.2, 0) is 25.5 Å². The summed E-state index contributed by atoms with van der Waals surface area (Å²) in [6, 6.07) is 10.3. The predicted octanol–water partition coefficient (Wildman–Crippen LogP) is 5.41.